The van der Waals surface area contributed by atoms with Gasteiger partial charge in [0.15, 0.2) is 0 Å². The first-order chi connectivity index (χ1) is 10.7. The molecule has 7 heteroatoms. The van der Waals surface area contributed by atoms with Crippen molar-refractivity contribution < 1.29 is 19.1 Å². The Hall–Kier alpha value is -1.34. The first kappa shape index (κ1) is 18.0. The van der Waals surface area contributed by atoms with Gasteiger partial charge in [-0.3, -0.25) is 4.79 Å². The zero-order chi connectivity index (χ0) is 17.2. The Morgan fingerprint density at radius 1 is 1.30 bits per heavy atom. The van der Waals surface area contributed by atoms with Gasteiger partial charge < -0.3 is 25.0 Å². The van der Waals surface area contributed by atoms with Gasteiger partial charge in [0.05, 0.1) is 24.7 Å². The summed E-state index contributed by atoms with van der Waals surface area (Å²) in [4.78, 5) is 28.3. The van der Waals surface area contributed by atoms with Crippen LogP contribution < -0.4 is 5.73 Å². The number of piperazine rings is 1. The standard InChI is InChI=1S/C16H29N3O4/c1-11-7-12(10-22-11)14(20)19-6-5-18(9-13(19)8-17)15(21)23-16(2,3)4/h11-13H,5-10,17H2,1-4H3. The lowest BCUT2D eigenvalue weighted by atomic mass is 10.0. The minimum atomic E-state index is -0.528. The van der Waals surface area contributed by atoms with E-state index < -0.39 is 5.60 Å². The lowest BCUT2D eigenvalue weighted by molar-refractivity contribution is -0.140. The Morgan fingerprint density at radius 2 is 2.00 bits per heavy atom. The molecule has 0 radical (unpaired) electrons. The second-order valence-electron chi connectivity index (χ2n) is 7.42. The fraction of sp³-hybridized carbons (Fsp3) is 0.875. The number of ether oxygens (including phenoxy) is 2. The van der Waals surface area contributed by atoms with Crippen molar-refractivity contribution in [3.8, 4) is 0 Å². The summed E-state index contributed by atoms with van der Waals surface area (Å²) in [5.41, 5.74) is 5.31. The highest BCUT2D eigenvalue weighted by Crippen LogP contribution is 2.24. The molecular formula is C16H29N3O4. The number of hydrogen-bond donors (Lipinski definition) is 1. The molecule has 2 saturated heterocycles. The number of amides is 2. The summed E-state index contributed by atoms with van der Waals surface area (Å²) in [5, 5.41) is 0. The number of rotatable bonds is 2. The van der Waals surface area contributed by atoms with E-state index in [1.165, 1.54) is 0 Å². The van der Waals surface area contributed by atoms with Crippen LogP contribution >= 0.6 is 0 Å². The average molecular weight is 327 g/mol. The minimum Gasteiger partial charge on any atom is -0.444 e. The van der Waals surface area contributed by atoms with Crippen LogP contribution in [0.25, 0.3) is 0 Å². The van der Waals surface area contributed by atoms with Crippen molar-refractivity contribution >= 4 is 12.0 Å². The van der Waals surface area contributed by atoms with Gasteiger partial charge in [0.25, 0.3) is 0 Å². The normalized spacial score (nSPS) is 28.8. The van der Waals surface area contributed by atoms with Crippen molar-refractivity contribution in [3.05, 3.63) is 0 Å². The molecule has 0 aromatic carbocycles. The molecule has 3 atom stereocenters. The molecule has 2 N–H and O–H groups in total. The van der Waals surface area contributed by atoms with Gasteiger partial charge in [-0.15, -0.1) is 0 Å². The second-order valence-corrected chi connectivity index (χ2v) is 7.42. The van der Waals surface area contributed by atoms with E-state index in [0.29, 0.717) is 32.8 Å². The van der Waals surface area contributed by atoms with Gasteiger partial charge in [0.1, 0.15) is 5.60 Å². The number of carbonyl (C=O) groups is 2. The van der Waals surface area contributed by atoms with Gasteiger partial charge in [0.2, 0.25) is 5.91 Å². The van der Waals surface area contributed by atoms with Crippen LogP contribution in [0.15, 0.2) is 0 Å². The molecule has 3 unspecified atom stereocenters. The van der Waals surface area contributed by atoms with Crippen molar-refractivity contribution in [2.75, 3.05) is 32.8 Å². The number of carbonyl (C=O) groups excluding carboxylic acids is 2. The fourth-order valence-electron chi connectivity index (χ4n) is 3.06. The number of nitrogens with two attached hydrogens (primary N) is 1. The van der Waals surface area contributed by atoms with Crippen molar-refractivity contribution in [1.82, 2.24) is 9.80 Å². The average Bonchev–Trinajstić information content (AvgIpc) is 2.90. The highest BCUT2D eigenvalue weighted by Gasteiger charge is 2.38. The highest BCUT2D eigenvalue weighted by molar-refractivity contribution is 5.80. The number of nitrogens with zero attached hydrogens (tertiary/aromatic N) is 2. The molecule has 2 aliphatic rings. The molecule has 2 rings (SSSR count). The van der Waals surface area contributed by atoms with Gasteiger partial charge in [-0.25, -0.2) is 4.79 Å². The van der Waals surface area contributed by atoms with Crippen LogP contribution in [0, 0.1) is 5.92 Å². The third-order valence-corrected chi connectivity index (χ3v) is 4.24. The molecule has 2 aliphatic heterocycles. The Balaban J connectivity index is 1.96. The van der Waals surface area contributed by atoms with E-state index in [0.717, 1.165) is 6.42 Å². The largest absolute Gasteiger partial charge is 0.444 e. The summed E-state index contributed by atoms with van der Waals surface area (Å²) < 4.78 is 10.9. The first-order valence-electron chi connectivity index (χ1n) is 8.31. The van der Waals surface area contributed by atoms with E-state index >= 15 is 0 Å². The summed E-state index contributed by atoms with van der Waals surface area (Å²) in [5.74, 6) is 0.000709. The van der Waals surface area contributed by atoms with Gasteiger partial charge in [0, 0.05) is 26.2 Å². The fourth-order valence-corrected chi connectivity index (χ4v) is 3.06. The minimum absolute atomic E-state index is 0.0906. The molecule has 0 bridgehead atoms. The summed E-state index contributed by atoms with van der Waals surface area (Å²) in [6, 6.07) is -0.167. The second kappa shape index (κ2) is 7.05. The Morgan fingerprint density at radius 3 is 2.52 bits per heavy atom. The zero-order valence-electron chi connectivity index (χ0n) is 14.6. The molecule has 2 amide bonds. The van der Waals surface area contributed by atoms with E-state index in [1.807, 2.05) is 32.6 Å². The molecule has 0 aromatic rings. The Kier molecular flexibility index (Phi) is 5.52. The maximum Gasteiger partial charge on any atom is 0.410 e. The third kappa shape index (κ3) is 4.57. The summed E-state index contributed by atoms with van der Waals surface area (Å²) in [6.07, 6.45) is 0.534. The zero-order valence-corrected chi connectivity index (χ0v) is 14.6. The summed E-state index contributed by atoms with van der Waals surface area (Å²) in [6.45, 7) is 9.68. The van der Waals surface area contributed by atoms with Gasteiger partial charge in [-0.2, -0.15) is 0 Å². The molecule has 132 valence electrons. The SMILES string of the molecule is CC1CC(C(=O)N2CCN(C(=O)OC(C)(C)C)CC2CN)CO1. The Labute approximate surface area is 138 Å². The summed E-state index contributed by atoms with van der Waals surface area (Å²) in [7, 11) is 0. The lowest BCUT2D eigenvalue weighted by Gasteiger charge is -2.42. The molecule has 2 fully saturated rings. The van der Waals surface area contributed by atoms with Gasteiger partial charge in [-0.05, 0) is 34.1 Å². The van der Waals surface area contributed by atoms with Crippen LogP contribution in [-0.4, -0.2) is 72.3 Å². The lowest BCUT2D eigenvalue weighted by Crippen LogP contribution is -2.60. The molecule has 0 spiro atoms. The van der Waals surface area contributed by atoms with E-state index in [4.69, 9.17) is 15.2 Å². The van der Waals surface area contributed by atoms with E-state index in [9.17, 15) is 9.59 Å². The van der Waals surface area contributed by atoms with Crippen LogP contribution in [0.4, 0.5) is 4.79 Å². The van der Waals surface area contributed by atoms with Crippen LogP contribution in [-0.2, 0) is 14.3 Å². The smallest absolute Gasteiger partial charge is 0.410 e. The maximum atomic E-state index is 12.7. The first-order valence-corrected chi connectivity index (χ1v) is 8.31. The molecular weight excluding hydrogens is 298 g/mol. The van der Waals surface area contributed by atoms with E-state index in [-0.39, 0.29) is 30.1 Å². The predicted octanol–water partition coefficient (Wildman–Crippen LogP) is 0.818. The topological polar surface area (TPSA) is 85.1 Å². The van der Waals surface area contributed by atoms with Gasteiger partial charge in [-0.1, -0.05) is 0 Å². The quantitative estimate of drug-likeness (QED) is 0.811. The van der Waals surface area contributed by atoms with Crippen molar-refractivity contribution in [2.24, 2.45) is 11.7 Å². The molecule has 0 aromatic heterocycles. The monoisotopic (exact) mass is 327 g/mol. The maximum absolute atomic E-state index is 12.7. The summed E-state index contributed by atoms with van der Waals surface area (Å²) >= 11 is 0. The molecule has 23 heavy (non-hydrogen) atoms. The number of hydrogen-bond acceptors (Lipinski definition) is 5. The van der Waals surface area contributed by atoms with Crippen molar-refractivity contribution in [3.63, 3.8) is 0 Å². The van der Waals surface area contributed by atoms with Crippen molar-refractivity contribution in [1.29, 1.82) is 0 Å². The van der Waals surface area contributed by atoms with E-state index in [1.54, 1.807) is 4.90 Å². The third-order valence-electron chi connectivity index (χ3n) is 4.24. The van der Waals surface area contributed by atoms with Crippen LogP contribution in [0.5, 0.6) is 0 Å². The highest BCUT2D eigenvalue weighted by atomic mass is 16.6. The van der Waals surface area contributed by atoms with Crippen LogP contribution in [0.3, 0.4) is 0 Å². The van der Waals surface area contributed by atoms with Crippen molar-refractivity contribution in [2.45, 2.75) is 51.9 Å². The molecule has 7 nitrogen and oxygen atoms in total. The van der Waals surface area contributed by atoms with Crippen LogP contribution in [0.2, 0.25) is 0 Å². The Bertz CT molecular complexity index is 449. The molecule has 0 aliphatic carbocycles. The molecule has 0 saturated carbocycles. The van der Waals surface area contributed by atoms with E-state index in [2.05, 4.69) is 0 Å². The molecule has 2 heterocycles. The van der Waals surface area contributed by atoms with Gasteiger partial charge >= 0.3 is 6.09 Å². The van der Waals surface area contributed by atoms with Crippen LogP contribution in [0.1, 0.15) is 34.1 Å². The predicted molar refractivity (Wildman–Crippen MR) is 85.9 cm³/mol.